The topological polar surface area (TPSA) is 34.2 Å². The summed E-state index contributed by atoms with van der Waals surface area (Å²) in [6.45, 7) is 2.79. The molecule has 0 fully saturated rings. The number of fused-ring (bicyclic) bond motifs is 1. The van der Waals surface area contributed by atoms with Crippen LogP contribution in [0.2, 0.25) is 0 Å². The van der Waals surface area contributed by atoms with E-state index in [2.05, 4.69) is 34.6 Å². The number of hydrogen-bond acceptors (Lipinski definition) is 3. The molecular weight excluding hydrogens is 236 g/mol. The van der Waals surface area contributed by atoms with Gasteiger partial charge < -0.3 is 10.1 Å². The lowest BCUT2D eigenvalue weighted by atomic mass is 9.97. The number of hydrogen-bond donors (Lipinski definition) is 1. The molecule has 2 aromatic rings. The number of benzene rings is 1. The van der Waals surface area contributed by atoms with Crippen LogP contribution in [0, 0.1) is 6.92 Å². The molecule has 1 atom stereocenters. The molecule has 1 aliphatic heterocycles. The van der Waals surface area contributed by atoms with Crippen molar-refractivity contribution in [3.63, 3.8) is 0 Å². The van der Waals surface area contributed by atoms with Gasteiger partial charge in [0.15, 0.2) is 0 Å². The molecule has 0 aliphatic carbocycles. The zero-order valence-corrected chi connectivity index (χ0v) is 11.3. The van der Waals surface area contributed by atoms with Gasteiger partial charge in [-0.2, -0.15) is 0 Å². The Morgan fingerprint density at radius 3 is 2.89 bits per heavy atom. The number of nitrogens with zero attached hydrogens (tertiary/aromatic N) is 1. The van der Waals surface area contributed by atoms with Crippen LogP contribution in [-0.4, -0.2) is 18.6 Å². The van der Waals surface area contributed by atoms with Gasteiger partial charge in [-0.3, -0.25) is 4.98 Å². The molecule has 1 aromatic heterocycles. The van der Waals surface area contributed by atoms with E-state index < -0.39 is 0 Å². The van der Waals surface area contributed by atoms with E-state index in [1.165, 1.54) is 11.1 Å². The first kappa shape index (κ1) is 12.2. The van der Waals surface area contributed by atoms with Crippen LogP contribution in [0.4, 0.5) is 0 Å². The molecule has 0 saturated carbocycles. The summed E-state index contributed by atoms with van der Waals surface area (Å²) in [7, 11) is 1.97. The van der Waals surface area contributed by atoms with Crippen molar-refractivity contribution in [2.45, 2.75) is 19.4 Å². The van der Waals surface area contributed by atoms with Crippen molar-refractivity contribution in [1.82, 2.24) is 10.3 Å². The number of aromatic nitrogens is 1. The molecule has 2 heterocycles. The molecule has 1 unspecified atom stereocenters. The van der Waals surface area contributed by atoms with E-state index in [1.807, 2.05) is 26.2 Å². The van der Waals surface area contributed by atoms with Gasteiger partial charge in [-0.25, -0.2) is 0 Å². The van der Waals surface area contributed by atoms with Crippen LogP contribution in [0.3, 0.4) is 0 Å². The monoisotopic (exact) mass is 254 g/mol. The lowest BCUT2D eigenvalue weighted by molar-refractivity contribution is 0.351. The zero-order valence-electron chi connectivity index (χ0n) is 11.3. The fraction of sp³-hybridized carbons (Fsp3) is 0.312. The van der Waals surface area contributed by atoms with Gasteiger partial charge in [-0.1, -0.05) is 24.3 Å². The van der Waals surface area contributed by atoms with Crippen LogP contribution in [-0.2, 0) is 6.42 Å². The Kier molecular flexibility index (Phi) is 3.22. The second kappa shape index (κ2) is 5.02. The molecule has 0 radical (unpaired) electrons. The van der Waals surface area contributed by atoms with Gasteiger partial charge >= 0.3 is 0 Å². The molecule has 3 heteroatoms. The number of ether oxygens (including phenoxy) is 1. The van der Waals surface area contributed by atoms with E-state index in [0.717, 1.165) is 30.0 Å². The molecular formula is C16H18N2O. The van der Waals surface area contributed by atoms with Crippen molar-refractivity contribution in [2.75, 3.05) is 13.7 Å². The van der Waals surface area contributed by atoms with Crippen molar-refractivity contribution in [1.29, 1.82) is 0 Å². The largest absolute Gasteiger partial charge is 0.493 e. The first-order valence-corrected chi connectivity index (χ1v) is 6.64. The molecule has 0 bridgehead atoms. The summed E-state index contributed by atoms with van der Waals surface area (Å²) in [6, 6.07) is 10.7. The zero-order chi connectivity index (χ0) is 13.2. The third kappa shape index (κ3) is 2.22. The Bertz CT molecular complexity index is 578. The van der Waals surface area contributed by atoms with E-state index in [1.54, 1.807) is 0 Å². The number of aryl methyl sites for hydroxylation is 1. The summed E-state index contributed by atoms with van der Waals surface area (Å²) in [5, 5.41) is 3.36. The normalized spacial score (nSPS) is 14.8. The highest BCUT2D eigenvalue weighted by molar-refractivity contribution is 5.48. The maximum absolute atomic E-state index is 5.80. The van der Waals surface area contributed by atoms with E-state index in [0.29, 0.717) is 0 Å². The van der Waals surface area contributed by atoms with Crippen LogP contribution >= 0.6 is 0 Å². The molecule has 0 amide bonds. The number of para-hydroxylation sites is 1. The first-order chi connectivity index (χ1) is 9.29. The van der Waals surface area contributed by atoms with Gasteiger partial charge in [0.1, 0.15) is 5.75 Å². The lowest BCUT2D eigenvalue weighted by Gasteiger charge is -2.19. The van der Waals surface area contributed by atoms with Crippen molar-refractivity contribution >= 4 is 0 Å². The molecule has 19 heavy (non-hydrogen) atoms. The standard InChI is InChI=1S/C16H18N2O/c1-11-6-7-13(10-18-11)15(17-2)14-5-3-4-12-8-9-19-16(12)14/h3-7,10,15,17H,8-9H2,1-2H3. The summed E-state index contributed by atoms with van der Waals surface area (Å²) in [4.78, 5) is 4.39. The van der Waals surface area contributed by atoms with Crippen LogP contribution < -0.4 is 10.1 Å². The molecule has 98 valence electrons. The molecule has 1 aromatic carbocycles. The summed E-state index contributed by atoms with van der Waals surface area (Å²) < 4.78 is 5.80. The second-order valence-electron chi connectivity index (χ2n) is 4.89. The van der Waals surface area contributed by atoms with Gasteiger partial charge in [0.05, 0.1) is 12.6 Å². The number of rotatable bonds is 3. The molecule has 1 aliphatic rings. The fourth-order valence-electron chi connectivity index (χ4n) is 2.62. The predicted molar refractivity (Wildman–Crippen MR) is 75.5 cm³/mol. The Labute approximate surface area is 113 Å². The lowest BCUT2D eigenvalue weighted by Crippen LogP contribution is -2.18. The van der Waals surface area contributed by atoms with Crippen molar-refractivity contribution in [3.8, 4) is 5.75 Å². The third-order valence-corrected chi connectivity index (χ3v) is 3.61. The average Bonchev–Trinajstić information content (AvgIpc) is 2.91. The second-order valence-corrected chi connectivity index (χ2v) is 4.89. The Balaban J connectivity index is 2.03. The minimum absolute atomic E-state index is 0.126. The van der Waals surface area contributed by atoms with Crippen molar-refractivity contribution in [2.24, 2.45) is 0 Å². The Hall–Kier alpha value is -1.87. The van der Waals surface area contributed by atoms with E-state index in [4.69, 9.17) is 4.74 Å². The molecule has 3 rings (SSSR count). The minimum Gasteiger partial charge on any atom is -0.493 e. The number of nitrogens with one attached hydrogen (secondary N) is 1. The molecule has 0 saturated heterocycles. The van der Waals surface area contributed by atoms with Gasteiger partial charge in [-0.05, 0) is 31.2 Å². The summed E-state index contributed by atoms with van der Waals surface area (Å²) >= 11 is 0. The number of pyridine rings is 1. The fourth-order valence-corrected chi connectivity index (χ4v) is 2.62. The maximum atomic E-state index is 5.80. The van der Waals surface area contributed by atoms with E-state index >= 15 is 0 Å². The van der Waals surface area contributed by atoms with Gasteiger partial charge in [0, 0.05) is 23.9 Å². The van der Waals surface area contributed by atoms with Crippen LogP contribution in [0.5, 0.6) is 5.75 Å². The summed E-state index contributed by atoms with van der Waals surface area (Å²) in [5.41, 5.74) is 4.70. The van der Waals surface area contributed by atoms with Gasteiger partial charge in [0.25, 0.3) is 0 Å². The van der Waals surface area contributed by atoms with Crippen LogP contribution in [0.1, 0.15) is 28.4 Å². The van der Waals surface area contributed by atoms with Gasteiger partial charge in [0.2, 0.25) is 0 Å². The van der Waals surface area contributed by atoms with E-state index in [9.17, 15) is 0 Å². The van der Waals surface area contributed by atoms with Crippen molar-refractivity contribution in [3.05, 3.63) is 58.9 Å². The average molecular weight is 254 g/mol. The molecule has 3 nitrogen and oxygen atoms in total. The summed E-state index contributed by atoms with van der Waals surface area (Å²) in [5.74, 6) is 1.04. The molecule has 1 N–H and O–H groups in total. The minimum atomic E-state index is 0.126. The third-order valence-electron chi connectivity index (χ3n) is 3.61. The van der Waals surface area contributed by atoms with Crippen LogP contribution in [0.15, 0.2) is 36.5 Å². The highest BCUT2D eigenvalue weighted by Gasteiger charge is 2.22. The highest BCUT2D eigenvalue weighted by atomic mass is 16.5. The van der Waals surface area contributed by atoms with Crippen LogP contribution in [0.25, 0.3) is 0 Å². The quantitative estimate of drug-likeness (QED) is 0.914. The first-order valence-electron chi connectivity index (χ1n) is 6.64. The Morgan fingerprint density at radius 2 is 2.16 bits per heavy atom. The van der Waals surface area contributed by atoms with E-state index in [-0.39, 0.29) is 6.04 Å². The maximum Gasteiger partial charge on any atom is 0.127 e. The highest BCUT2D eigenvalue weighted by Crippen LogP contribution is 2.35. The van der Waals surface area contributed by atoms with Gasteiger partial charge in [-0.15, -0.1) is 0 Å². The summed E-state index contributed by atoms with van der Waals surface area (Å²) in [6.07, 6.45) is 2.94. The SMILES string of the molecule is CNC(c1ccc(C)nc1)c1cccc2c1OCC2. The predicted octanol–water partition coefficient (Wildman–Crippen LogP) is 2.63. The van der Waals surface area contributed by atoms with Crippen molar-refractivity contribution < 1.29 is 4.74 Å². The smallest absolute Gasteiger partial charge is 0.127 e. The molecule has 0 spiro atoms. The Morgan fingerprint density at radius 1 is 1.26 bits per heavy atom.